The minimum Gasteiger partial charge on any atom is -0.547 e. The van der Waals surface area contributed by atoms with Crippen LogP contribution >= 0.6 is 0 Å². The fraction of sp³-hybridized carbons (Fsp3) is 0.833. The first-order valence-electron chi connectivity index (χ1n) is 3.10. The molecule has 0 fully saturated rings. The molecule has 0 aromatic heterocycles. The maximum absolute atomic E-state index is 10.1. The molecule has 0 aliphatic carbocycles. The van der Waals surface area contributed by atoms with Crippen molar-refractivity contribution in [3.05, 3.63) is 0 Å². The minimum atomic E-state index is -1.44. The van der Waals surface area contributed by atoms with Crippen LogP contribution in [0.4, 0.5) is 0 Å². The van der Waals surface area contributed by atoms with E-state index in [9.17, 15) is 9.90 Å². The van der Waals surface area contributed by atoms with Crippen molar-refractivity contribution in [1.82, 2.24) is 0 Å². The Balaban J connectivity index is 4.17. The van der Waals surface area contributed by atoms with Gasteiger partial charge in [-0.1, -0.05) is 13.8 Å². The van der Waals surface area contributed by atoms with Crippen molar-refractivity contribution < 1.29 is 20.7 Å². The van der Waals surface area contributed by atoms with E-state index < -0.39 is 17.5 Å². The SMILES string of the molecule is CC(C)(C[NH3+])[C@@H](O)C(=O)[O-]. The van der Waals surface area contributed by atoms with Crippen LogP contribution in [-0.2, 0) is 4.79 Å². The number of rotatable bonds is 3. The molecule has 4 N–H and O–H groups in total. The zero-order valence-corrected chi connectivity index (χ0v) is 6.26. The second-order valence-corrected chi connectivity index (χ2v) is 2.96. The van der Waals surface area contributed by atoms with E-state index in [1.165, 1.54) is 0 Å². The van der Waals surface area contributed by atoms with E-state index in [4.69, 9.17) is 5.11 Å². The van der Waals surface area contributed by atoms with E-state index >= 15 is 0 Å². The molecule has 60 valence electrons. The topological polar surface area (TPSA) is 88.0 Å². The van der Waals surface area contributed by atoms with Gasteiger partial charge in [-0.05, 0) is 0 Å². The summed E-state index contributed by atoms with van der Waals surface area (Å²) < 4.78 is 0. The summed E-state index contributed by atoms with van der Waals surface area (Å²) in [7, 11) is 0. The molecule has 0 bridgehead atoms. The van der Waals surface area contributed by atoms with Crippen LogP contribution in [0.5, 0.6) is 0 Å². The molecular formula is C6H13NO3. The monoisotopic (exact) mass is 147 g/mol. The van der Waals surface area contributed by atoms with Crippen LogP contribution in [0.2, 0.25) is 0 Å². The van der Waals surface area contributed by atoms with Gasteiger partial charge in [-0.3, -0.25) is 0 Å². The van der Waals surface area contributed by atoms with Crippen molar-refractivity contribution in [3.8, 4) is 0 Å². The molecule has 0 spiro atoms. The van der Waals surface area contributed by atoms with E-state index in [1.807, 2.05) is 0 Å². The fourth-order valence-corrected chi connectivity index (χ4v) is 0.456. The highest BCUT2D eigenvalue weighted by Gasteiger charge is 2.28. The van der Waals surface area contributed by atoms with Gasteiger partial charge in [0, 0.05) is 5.41 Å². The highest BCUT2D eigenvalue weighted by Crippen LogP contribution is 2.16. The number of quaternary nitrogens is 1. The Kier molecular flexibility index (Phi) is 2.80. The highest BCUT2D eigenvalue weighted by molar-refractivity contribution is 5.70. The second-order valence-electron chi connectivity index (χ2n) is 2.96. The van der Waals surface area contributed by atoms with Gasteiger partial charge in [-0.2, -0.15) is 0 Å². The molecule has 0 amide bonds. The van der Waals surface area contributed by atoms with E-state index in [1.54, 1.807) is 13.8 Å². The van der Waals surface area contributed by atoms with Crippen LogP contribution in [0.1, 0.15) is 13.8 Å². The van der Waals surface area contributed by atoms with Gasteiger partial charge >= 0.3 is 0 Å². The summed E-state index contributed by atoms with van der Waals surface area (Å²) >= 11 is 0. The number of aliphatic hydroxyl groups is 1. The lowest BCUT2D eigenvalue weighted by Crippen LogP contribution is -2.62. The number of carbonyl (C=O) groups is 1. The Bertz CT molecular complexity index is 133. The van der Waals surface area contributed by atoms with E-state index in [0.29, 0.717) is 6.54 Å². The Morgan fingerprint density at radius 1 is 1.80 bits per heavy atom. The lowest BCUT2D eigenvalue weighted by atomic mass is 9.87. The number of carbonyl (C=O) groups excluding carboxylic acids is 1. The lowest BCUT2D eigenvalue weighted by molar-refractivity contribution is -0.399. The number of hydrogen-bond acceptors (Lipinski definition) is 3. The smallest absolute Gasteiger partial charge is 0.104 e. The van der Waals surface area contributed by atoms with Gasteiger partial charge in [-0.25, -0.2) is 0 Å². The van der Waals surface area contributed by atoms with Gasteiger partial charge in [-0.15, -0.1) is 0 Å². The summed E-state index contributed by atoms with van der Waals surface area (Å²) in [5, 5.41) is 19.1. The predicted molar refractivity (Wildman–Crippen MR) is 32.5 cm³/mol. The summed E-state index contributed by atoms with van der Waals surface area (Å²) in [6.45, 7) is 3.61. The molecule has 0 saturated heterocycles. The average Bonchev–Trinajstić information content (AvgIpc) is 1.86. The fourth-order valence-electron chi connectivity index (χ4n) is 0.456. The molecule has 10 heavy (non-hydrogen) atoms. The maximum atomic E-state index is 10.1. The van der Waals surface area contributed by atoms with Crippen LogP contribution in [-0.4, -0.2) is 23.7 Å². The average molecular weight is 147 g/mol. The quantitative estimate of drug-likeness (QED) is 0.457. The zero-order chi connectivity index (χ0) is 8.36. The number of aliphatic carboxylic acids is 1. The zero-order valence-electron chi connectivity index (χ0n) is 6.26. The molecule has 0 saturated carbocycles. The van der Waals surface area contributed by atoms with Crippen LogP contribution < -0.4 is 10.8 Å². The van der Waals surface area contributed by atoms with Crippen molar-refractivity contribution >= 4 is 5.97 Å². The highest BCUT2D eigenvalue weighted by atomic mass is 16.4. The van der Waals surface area contributed by atoms with E-state index in [-0.39, 0.29) is 0 Å². The molecule has 0 heterocycles. The molecule has 4 heteroatoms. The van der Waals surface area contributed by atoms with Crippen LogP contribution in [0.3, 0.4) is 0 Å². The number of carboxylic acid groups (broad SMARTS) is 1. The van der Waals surface area contributed by atoms with Crippen molar-refractivity contribution in [2.45, 2.75) is 20.0 Å². The molecule has 0 radical (unpaired) electrons. The Morgan fingerprint density at radius 3 is 2.30 bits per heavy atom. The van der Waals surface area contributed by atoms with Crippen molar-refractivity contribution in [3.63, 3.8) is 0 Å². The predicted octanol–water partition coefficient (Wildman–Crippen LogP) is -2.63. The van der Waals surface area contributed by atoms with E-state index in [0.717, 1.165) is 0 Å². The lowest BCUT2D eigenvalue weighted by Gasteiger charge is -2.27. The molecule has 0 aromatic rings. The van der Waals surface area contributed by atoms with Crippen LogP contribution in [0.15, 0.2) is 0 Å². The molecule has 1 atom stereocenters. The van der Waals surface area contributed by atoms with Gasteiger partial charge in [0.2, 0.25) is 0 Å². The van der Waals surface area contributed by atoms with Gasteiger partial charge in [0.05, 0.1) is 12.5 Å². The van der Waals surface area contributed by atoms with Crippen molar-refractivity contribution in [1.29, 1.82) is 0 Å². The molecule has 4 nitrogen and oxygen atoms in total. The largest absolute Gasteiger partial charge is 0.547 e. The molecule has 0 aliphatic heterocycles. The minimum absolute atomic E-state index is 0.363. The summed E-state index contributed by atoms with van der Waals surface area (Å²) in [6, 6.07) is 0. The van der Waals surface area contributed by atoms with Gasteiger partial charge in [0.1, 0.15) is 6.10 Å². The van der Waals surface area contributed by atoms with Crippen molar-refractivity contribution in [2.75, 3.05) is 6.54 Å². The third-order valence-electron chi connectivity index (χ3n) is 1.61. The Morgan fingerprint density at radius 2 is 2.20 bits per heavy atom. The molecule has 0 unspecified atom stereocenters. The summed E-state index contributed by atoms with van der Waals surface area (Å²) in [5.74, 6) is -1.44. The first kappa shape index (κ1) is 9.39. The van der Waals surface area contributed by atoms with Gasteiger partial charge in [0.25, 0.3) is 0 Å². The molecule has 0 aromatic carbocycles. The number of aliphatic hydroxyl groups excluding tert-OH is 1. The van der Waals surface area contributed by atoms with Crippen LogP contribution in [0, 0.1) is 5.41 Å². The molecule has 0 aliphatic rings. The standard InChI is InChI=1S/C6H13NO3/c1-6(2,3-7)4(8)5(9)10/h4,8H,3,7H2,1-2H3,(H,9,10)/t4-/m0/s1. The number of carboxylic acids is 1. The van der Waals surface area contributed by atoms with Gasteiger partial charge < -0.3 is 20.7 Å². The third-order valence-corrected chi connectivity index (χ3v) is 1.61. The van der Waals surface area contributed by atoms with E-state index in [2.05, 4.69) is 5.73 Å². The van der Waals surface area contributed by atoms with Gasteiger partial charge in [0.15, 0.2) is 0 Å². The summed E-state index contributed by atoms with van der Waals surface area (Å²) in [4.78, 5) is 10.1. The normalized spacial score (nSPS) is 14.8. The second kappa shape index (κ2) is 2.98. The summed E-state index contributed by atoms with van der Waals surface area (Å²) in [5.41, 5.74) is 2.81. The first-order valence-corrected chi connectivity index (χ1v) is 3.10. The first-order chi connectivity index (χ1) is 4.41. The van der Waals surface area contributed by atoms with Crippen LogP contribution in [0.25, 0.3) is 0 Å². The molecule has 0 rings (SSSR count). The molecular weight excluding hydrogens is 134 g/mol. The Hall–Kier alpha value is -0.610. The summed E-state index contributed by atoms with van der Waals surface area (Å²) in [6.07, 6.45) is -1.43. The maximum Gasteiger partial charge on any atom is 0.104 e. The van der Waals surface area contributed by atoms with Crippen molar-refractivity contribution in [2.24, 2.45) is 5.41 Å². The third kappa shape index (κ3) is 1.97. The Labute approximate surface area is 59.7 Å². The number of hydrogen-bond donors (Lipinski definition) is 2.